The topological polar surface area (TPSA) is 49.4 Å². The Morgan fingerprint density at radius 1 is 1.13 bits per heavy atom. The predicted octanol–water partition coefficient (Wildman–Crippen LogP) is 5.09. The highest BCUT2D eigenvalue weighted by Crippen LogP contribution is 2.24. The normalized spacial score (nSPS) is 11.9. The van der Waals surface area contributed by atoms with Crippen molar-refractivity contribution in [2.24, 2.45) is 0 Å². The van der Waals surface area contributed by atoms with E-state index in [0.717, 1.165) is 5.56 Å². The second kappa shape index (κ2) is 12.7. The van der Waals surface area contributed by atoms with Crippen LogP contribution in [-0.4, -0.2) is 41.1 Å². The first-order valence-electron chi connectivity index (χ1n) is 10.5. The van der Waals surface area contributed by atoms with Crippen LogP contribution in [0.5, 0.6) is 0 Å². The van der Waals surface area contributed by atoms with Gasteiger partial charge in [0.2, 0.25) is 11.8 Å². The van der Waals surface area contributed by atoms with Gasteiger partial charge in [0.15, 0.2) is 0 Å². The molecule has 0 fully saturated rings. The van der Waals surface area contributed by atoms with Crippen LogP contribution < -0.4 is 5.32 Å². The lowest BCUT2D eigenvalue weighted by molar-refractivity contribution is -0.139. The van der Waals surface area contributed by atoms with E-state index >= 15 is 0 Å². The third kappa shape index (κ3) is 7.86. The van der Waals surface area contributed by atoms with Crippen LogP contribution in [0.25, 0.3) is 0 Å². The number of nitrogens with zero attached hydrogens (tertiary/aromatic N) is 1. The highest BCUT2D eigenvalue weighted by Gasteiger charge is 2.28. The summed E-state index contributed by atoms with van der Waals surface area (Å²) in [7, 11) is 0. The largest absolute Gasteiger partial charge is 0.352 e. The molecule has 0 heterocycles. The Morgan fingerprint density at radius 3 is 2.45 bits per heavy atom. The van der Waals surface area contributed by atoms with Crippen molar-refractivity contribution in [3.8, 4) is 0 Å². The zero-order chi connectivity index (χ0) is 22.8. The molecule has 2 aromatic rings. The number of carbonyl (C=O) groups is 2. The molecule has 2 rings (SSSR count). The fourth-order valence-electron chi connectivity index (χ4n) is 3.27. The van der Waals surface area contributed by atoms with Crippen LogP contribution in [0, 0.1) is 5.82 Å². The molecule has 0 aromatic heterocycles. The van der Waals surface area contributed by atoms with E-state index in [1.54, 1.807) is 17.0 Å². The number of halogens is 2. The molecule has 7 heteroatoms. The van der Waals surface area contributed by atoms with Gasteiger partial charge in [-0.1, -0.05) is 54.9 Å². The van der Waals surface area contributed by atoms with E-state index in [1.165, 1.54) is 17.8 Å². The number of nitrogens with one attached hydrogen (secondary N) is 1. The Balaban J connectivity index is 2.09. The van der Waals surface area contributed by atoms with Crippen molar-refractivity contribution in [3.63, 3.8) is 0 Å². The molecule has 0 saturated carbocycles. The maximum atomic E-state index is 14.0. The minimum absolute atomic E-state index is 0.00908. The highest BCUT2D eigenvalue weighted by atomic mass is 35.5. The van der Waals surface area contributed by atoms with Gasteiger partial charge in [0.25, 0.3) is 0 Å². The second-order valence-electron chi connectivity index (χ2n) is 7.60. The third-order valence-corrected chi connectivity index (χ3v) is 6.13. The highest BCUT2D eigenvalue weighted by molar-refractivity contribution is 7.99. The number of amides is 2. The van der Waals surface area contributed by atoms with Crippen LogP contribution in [0.1, 0.15) is 38.3 Å². The summed E-state index contributed by atoms with van der Waals surface area (Å²) in [5.41, 5.74) is 1.49. The van der Waals surface area contributed by atoms with E-state index in [-0.39, 0.29) is 29.4 Å². The molecule has 31 heavy (non-hydrogen) atoms. The number of hydrogen-bond acceptors (Lipinski definition) is 3. The third-order valence-electron chi connectivity index (χ3n) is 4.83. The maximum Gasteiger partial charge on any atom is 0.242 e. The summed E-state index contributed by atoms with van der Waals surface area (Å²) in [6.07, 6.45) is 1.17. The van der Waals surface area contributed by atoms with Crippen LogP contribution in [0.4, 0.5) is 4.39 Å². The molecule has 0 bridgehead atoms. The van der Waals surface area contributed by atoms with Crippen molar-refractivity contribution in [2.75, 3.05) is 12.3 Å². The first-order chi connectivity index (χ1) is 14.8. The number of thioether (sulfide) groups is 1. The molecule has 2 amide bonds. The summed E-state index contributed by atoms with van der Waals surface area (Å²) >= 11 is 7.39. The van der Waals surface area contributed by atoms with Crippen LogP contribution >= 0.6 is 23.4 Å². The Labute approximate surface area is 193 Å². The molecular formula is C24H30ClFN2O2S. The van der Waals surface area contributed by atoms with Gasteiger partial charge in [-0.2, -0.15) is 0 Å². The van der Waals surface area contributed by atoms with Crippen molar-refractivity contribution in [3.05, 3.63) is 70.5 Å². The van der Waals surface area contributed by atoms with E-state index in [9.17, 15) is 14.0 Å². The van der Waals surface area contributed by atoms with Crippen LogP contribution in [0.3, 0.4) is 0 Å². The number of hydrogen-bond donors (Lipinski definition) is 1. The average molecular weight is 465 g/mol. The van der Waals surface area contributed by atoms with Gasteiger partial charge >= 0.3 is 0 Å². The molecule has 0 aliphatic carbocycles. The lowest BCUT2D eigenvalue weighted by Gasteiger charge is -2.31. The minimum atomic E-state index is -0.545. The Hall–Kier alpha value is -2.05. The molecule has 0 spiro atoms. The quantitative estimate of drug-likeness (QED) is 0.504. The molecule has 2 aromatic carbocycles. The van der Waals surface area contributed by atoms with Gasteiger partial charge in [-0.3, -0.25) is 9.59 Å². The molecule has 168 valence electrons. The number of rotatable bonds is 11. The zero-order valence-electron chi connectivity index (χ0n) is 18.2. The first-order valence-corrected chi connectivity index (χ1v) is 12.0. The summed E-state index contributed by atoms with van der Waals surface area (Å²) in [6.45, 7) is 6.14. The lowest BCUT2D eigenvalue weighted by atomic mass is 10.1. The van der Waals surface area contributed by atoms with Gasteiger partial charge < -0.3 is 10.2 Å². The fraction of sp³-hybridized carbons (Fsp3) is 0.417. The molecule has 1 N–H and O–H groups in total. The standard InChI is InChI=1S/C24H30ClFN2O2S/c1-4-22(24(30)27-17(2)3)28(14-13-18-9-6-5-7-10-18)23(29)16-31-15-19-20(25)11-8-12-21(19)26/h5-12,17,22H,4,13-16H2,1-3H3,(H,27,30)/t22-/m0/s1. The first kappa shape index (κ1) is 25.2. The molecule has 0 unspecified atom stereocenters. The molecule has 0 aliphatic rings. The molecular weight excluding hydrogens is 435 g/mol. The Kier molecular flexibility index (Phi) is 10.3. The van der Waals surface area contributed by atoms with Gasteiger partial charge in [0.05, 0.1) is 5.75 Å². The van der Waals surface area contributed by atoms with Crippen molar-refractivity contribution in [1.82, 2.24) is 10.2 Å². The van der Waals surface area contributed by atoms with Gasteiger partial charge in [0, 0.05) is 28.9 Å². The van der Waals surface area contributed by atoms with E-state index in [1.807, 2.05) is 51.1 Å². The molecule has 1 atom stereocenters. The summed E-state index contributed by atoms with van der Waals surface area (Å²) < 4.78 is 14.0. The van der Waals surface area contributed by atoms with Crippen LogP contribution in [0.2, 0.25) is 5.02 Å². The van der Waals surface area contributed by atoms with Gasteiger partial charge in [-0.25, -0.2) is 4.39 Å². The molecule has 4 nitrogen and oxygen atoms in total. The summed E-state index contributed by atoms with van der Waals surface area (Å²) in [6, 6.07) is 13.9. The number of benzene rings is 2. The maximum absolute atomic E-state index is 14.0. The second-order valence-corrected chi connectivity index (χ2v) is 9.00. The van der Waals surface area contributed by atoms with Crippen molar-refractivity contribution in [1.29, 1.82) is 0 Å². The summed E-state index contributed by atoms with van der Waals surface area (Å²) in [5, 5.41) is 3.27. The number of carbonyl (C=O) groups excluding carboxylic acids is 2. The molecule has 0 radical (unpaired) electrons. The zero-order valence-corrected chi connectivity index (χ0v) is 19.8. The Morgan fingerprint density at radius 2 is 1.84 bits per heavy atom. The molecule has 0 aliphatic heterocycles. The van der Waals surface area contributed by atoms with Crippen molar-refractivity contribution >= 4 is 35.2 Å². The van der Waals surface area contributed by atoms with E-state index in [0.29, 0.717) is 35.7 Å². The molecule has 0 saturated heterocycles. The fourth-order valence-corrected chi connectivity index (χ4v) is 4.52. The SMILES string of the molecule is CC[C@@H](C(=O)NC(C)C)N(CCc1ccccc1)C(=O)CSCc1c(F)cccc1Cl. The van der Waals surface area contributed by atoms with E-state index in [2.05, 4.69) is 5.32 Å². The predicted molar refractivity (Wildman–Crippen MR) is 127 cm³/mol. The van der Waals surface area contributed by atoms with E-state index < -0.39 is 6.04 Å². The average Bonchev–Trinajstić information content (AvgIpc) is 2.73. The Bertz CT molecular complexity index is 844. The van der Waals surface area contributed by atoms with Gasteiger partial charge in [-0.05, 0) is 44.4 Å². The van der Waals surface area contributed by atoms with Crippen LogP contribution in [0.15, 0.2) is 48.5 Å². The minimum Gasteiger partial charge on any atom is -0.352 e. The van der Waals surface area contributed by atoms with Gasteiger partial charge in [-0.15, -0.1) is 11.8 Å². The van der Waals surface area contributed by atoms with Crippen molar-refractivity contribution < 1.29 is 14.0 Å². The summed E-state index contributed by atoms with van der Waals surface area (Å²) in [4.78, 5) is 27.5. The van der Waals surface area contributed by atoms with E-state index in [4.69, 9.17) is 11.6 Å². The lowest BCUT2D eigenvalue weighted by Crippen LogP contribution is -2.52. The monoisotopic (exact) mass is 464 g/mol. The van der Waals surface area contributed by atoms with Crippen LogP contribution in [-0.2, 0) is 21.8 Å². The van der Waals surface area contributed by atoms with Gasteiger partial charge in [0.1, 0.15) is 11.9 Å². The summed E-state index contributed by atoms with van der Waals surface area (Å²) in [5.74, 6) is -0.236. The smallest absolute Gasteiger partial charge is 0.242 e. The van der Waals surface area contributed by atoms with Crippen molar-refractivity contribution in [2.45, 2.75) is 51.4 Å².